The number of sulfonamides is 1. The van der Waals surface area contributed by atoms with Gasteiger partial charge in [0, 0.05) is 26.2 Å². The van der Waals surface area contributed by atoms with Crippen molar-refractivity contribution in [2.45, 2.75) is 31.7 Å². The third kappa shape index (κ3) is 5.09. The monoisotopic (exact) mass is 403 g/mol. The van der Waals surface area contributed by atoms with Gasteiger partial charge in [-0.1, -0.05) is 18.5 Å². The van der Waals surface area contributed by atoms with Crippen molar-refractivity contribution in [2.24, 2.45) is 0 Å². The Morgan fingerprint density at radius 1 is 1.27 bits per heavy atom. The number of nitrogens with one attached hydrogen (secondary N) is 1. The fourth-order valence-electron chi connectivity index (χ4n) is 2.83. The Balaban J connectivity index is 2.04. The predicted molar refractivity (Wildman–Crippen MR) is 101 cm³/mol. The maximum Gasteiger partial charge on any atom is 0.241 e. The molecule has 9 heteroatoms. The van der Waals surface area contributed by atoms with Crippen LogP contribution in [0.25, 0.3) is 0 Å². The second-order valence-electron chi connectivity index (χ2n) is 6.13. The van der Waals surface area contributed by atoms with Crippen LogP contribution in [0.3, 0.4) is 0 Å². The maximum atomic E-state index is 12.6. The summed E-state index contributed by atoms with van der Waals surface area (Å²) in [4.78, 5) is 16.5. The number of nitrogens with zero attached hydrogens (tertiary/aromatic N) is 2. The summed E-state index contributed by atoms with van der Waals surface area (Å²) in [5.74, 6) is 0.201. The molecule has 0 bridgehead atoms. The first kappa shape index (κ1) is 21.0. The van der Waals surface area contributed by atoms with Crippen LogP contribution in [0.1, 0.15) is 20.8 Å². The molecule has 0 unspecified atom stereocenters. The third-order valence-electron chi connectivity index (χ3n) is 4.35. The van der Waals surface area contributed by atoms with Crippen molar-refractivity contribution in [3.8, 4) is 5.75 Å². The third-order valence-corrected chi connectivity index (χ3v) is 6.18. The summed E-state index contributed by atoms with van der Waals surface area (Å²) in [6, 6.07) is 3.40. The molecule has 0 aliphatic carbocycles. The molecule has 26 heavy (non-hydrogen) atoms. The van der Waals surface area contributed by atoms with Crippen LogP contribution >= 0.6 is 11.6 Å². The quantitative estimate of drug-likeness (QED) is 0.747. The molecule has 0 saturated carbocycles. The zero-order valence-electron chi connectivity index (χ0n) is 15.4. The molecule has 1 amide bonds. The van der Waals surface area contributed by atoms with Crippen molar-refractivity contribution in [1.82, 2.24) is 14.5 Å². The normalized spacial score (nSPS) is 17.2. The number of hydrogen-bond acceptors (Lipinski definition) is 5. The highest BCUT2D eigenvalue weighted by Crippen LogP contribution is 2.27. The average molecular weight is 404 g/mol. The van der Waals surface area contributed by atoms with E-state index in [0.29, 0.717) is 25.4 Å². The Hall–Kier alpha value is -1.35. The van der Waals surface area contributed by atoms with E-state index in [9.17, 15) is 13.2 Å². The molecule has 1 aromatic rings. The van der Waals surface area contributed by atoms with Crippen LogP contribution in [0.4, 0.5) is 0 Å². The molecule has 1 atom stereocenters. The van der Waals surface area contributed by atoms with Gasteiger partial charge >= 0.3 is 0 Å². The van der Waals surface area contributed by atoms with Gasteiger partial charge < -0.3 is 14.5 Å². The summed E-state index contributed by atoms with van der Waals surface area (Å²) in [6.07, 6.45) is 0. The molecule has 2 rings (SSSR count). The van der Waals surface area contributed by atoms with Crippen molar-refractivity contribution in [3.05, 3.63) is 23.2 Å². The number of ether oxygens (including phenoxy) is 1. The molecule has 0 spiro atoms. The number of piperazine rings is 1. The molecule has 1 aliphatic heterocycles. The Morgan fingerprint density at radius 3 is 2.46 bits per heavy atom. The fourth-order valence-corrected chi connectivity index (χ4v) is 4.35. The van der Waals surface area contributed by atoms with E-state index in [1.807, 2.05) is 6.92 Å². The van der Waals surface area contributed by atoms with Gasteiger partial charge in [-0.05, 0) is 38.6 Å². The SMILES string of the molecule is CCOc1ccc(S(=O)(=O)N[C@H](C)C(=O)N2CCN(CC)CC2)cc1Cl. The summed E-state index contributed by atoms with van der Waals surface area (Å²) in [6.45, 7) is 9.64. The van der Waals surface area contributed by atoms with Crippen LogP contribution in [0.2, 0.25) is 5.02 Å². The van der Waals surface area contributed by atoms with E-state index in [2.05, 4.69) is 16.5 Å². The minimum atomic E-state index is -3.86. The minimum Gasteiger partial charge on any atom is -0.492 e. The lowest BCUT2D eigenvalue weighted by molar-refractivity contribution is -0.134. The van der Waals surface area contributed by atoms with E-state index in [1.165, 1.54) is 18.2 Å². The van der Waals surface area contributed by atoms with E-state index >= 15 is 0 Å². The molecule has 1 N–H and O–H groups in total. The van der Waals surface area contributed by atoms with Gasteiger partial charge in [-0.15, -0.1) is 0 Å². The summed E-state index contributed by atoms with van der Waals surface area (Å²) in [5, 5.41) is 0.212. The topological polar surface area (TPSA) is 78.9 Å². The smallest absolute Gasteiger partial charge is 0.241 e. The molecule has 146 valence electrons. The van der Waals surface area contributed by atoms with E-state index < -0.39 is 16.1 Å². The Morgan fingerprint density at radius 2 is 1.92 bits per heavy atom. The number of likely N-dealkylation sites (N-methyl/N-ethyl adjacent to an activating group) is 1. The zero-order valence-corrected chi connectivity index (χ0v) is 16.9. The summed E-state index contributed by atoms with van der Waals surface area (Å²) in [5.41, 5.74) is 0. The molecule has 7 nitrogen and oxygen atoms in total. The van der Waals surface area contributed by atoms with Gasteiger partial charge in [-0.25, -0.2) is 8.42 Å². The van der Waals surface area contributed by atoms with Gasteiger partial charge in [0.15, 0.2) is 0 Å². The second kappa shape index (κ2) is 9.03. The summed E-state index contributed by atoms with van der Waals surface area (Å²) >= 11 is 6.07. The number of amides is 1. The molecule has 1 fully saturated rings. The lowest BCUT2D eigenvalue weighted by Gasteiger charge is -2.35. The number of carbonyl (C=O) groups excluding carboxylic acids is 1. The number of hydrogen-bond donors (Lipinski definition) is 1. The lowest BCUT2D eigenvalue weighted by atomic mass is 10.2. The molecule has 0 aromatic heterocycles. The van der Waals surface area contributed by atoms with Gasteiger partial charge in [0.2, 0.25) is 15.9 Å². The van der Waals surface area contributed by atoms with Crippen molar-refractivity contribution >= 4 is 27.5 Å². The van der Waals surface area contributed by atoms with Crippen LogP contribution in [0.15, 0.2) is 23.1 Å². The number of halogens is 1. The van der Waals surface area contributed by atoms with Crippen molar-refractivity contribution < 1.29 is 17.9 Å². The van der Waals surface area contributed by atoms with Gasteiger partial charge in [-0.2, -0.15) is 4.72 Å². The molecule has 1 saturated heterocycles. The van der Waals surface area contributed by atoms with Gasteiger partial charge in [-0.3, -0.25) is 4.79 Å². The second-order valence-corrected chi connectivity index (χ2v) is 8.25. The standard InChI is InChI=1S/C17H26ClN3O4S/c1-4-20-8-10-21(11-9-20)17(22)13(3)19-26(23,24)14-6-7-16(25-5-2)15(18)12-14/h6-7,12-13,19H,4-5,8-11H2,1-3H3/t13-/m1/s1. The molecular weight excluding hydrogens is 378 g/mol. The molecule has 1 aliphatic rings. The fraction of sp³-hybridized carbons (Fsp3) is 0.588. The number of rotatable bonds is 7. The maximum absolute atomic E-state index is 12.6. The average Bonchev–Trinajstić information content (AvgIpc) is 2.62. The predicted octanol–water partition coefficient (Wildman–Crippen LogP) is 1.57. The first-order valence-electron chi connectivity index (χ1n) is 8.74. The van der Waals surface area contributed by atoms with E-state index in [-0.39, 0.29) is 15.8 Å². The van der Waals surface area contributed by atoms with Crippen LogP contribution in [0.5, 0.6) is 5.75 Å². The Labute approximate surface area is 160 Å². The van der Waals surface area contributed by atoms with Crippen LogP contribution < -0.4 is 9.46 Å². The van der Waals surface area contributed by atoms with Gasteiger partial charge in [0.05, 0.1) is 22.6 Å². The first-order valence-corrected chi connectivity index (χ1v) is 10.6. The molecular formula is C17H26ClN3O4S. The number of carbonyl (C=O) groups is 1. The summed E-state index contributed by atoms with van der Waals surface area (Å²) < 4.78 is 32.9. The minimum absolute atomic E-state index is 0.00130. The first-order chi connectivity index (χ1) is 12.3. The summed E-state index contributed by atoms with van der Waals surface area (Å²) in [7, 11) is -3.86. The molecule has 1 aromatic carbocycles. The Bertz CT molecular complexity index is 734. The van der Waals surface area contributed by atoms with Gasteiger partial charge in [0.25, 0.3) is 0 Å². The van der Waals surface area contributed by atoms with Gasteiger partial charge in [0.1, 0.15) is 5.75 Å². The highest BCUT2D eigenvalue weighted by atomic mass is 35.5. The number of benzene rings is 1. The van der Waals surface area contributed by atoms with E-state index in [0.717, 1.165) is 19.6 Å². The zero-order chi connectivity index (χ0) is 19.3. The van der Waals surface area contributed by atoms with Crippen molar-refractivity contribution in [3.63, 3.8) is 0 Å². The Kier molecular flexibility index (Phi) is 7.28. The largest absolute Gasteiger partial charge is 0.492 e. The highest BCUT2D eigenvalue weighted by Gasteiger charge is 2.28. The molecule has 0 radical (unpaired) electrons. The van der Waals surface area contributed by atoms with Crippen molar-refractivity contribution in [1.29, 1.82) is 0 Å². The molecule has 1 heterocycles. The van der Waals surface area contributed by atoms with Crippen LogP contribution in [-0.2, 0) is 14.8 Å². The van der Waals surface area contributed by atoms with Crippen LogP contribution in [-0.4, -0.2) is 69.5 Å². The van der Waals surface area contributed by atoms with E-state index in [1.54, 1.807) is 11.8 Å². The van der Waals surface area contributed by atoms with Crippen LogP contribution in [0, 0.1) is 0 Å². The highest BCUT2D eigenvalue weighted by molar-refractivity contribution is 7.89. The van der Waals surface area contributed by atoms with Crippen molar-refractivity contribution in [2.75, 3.05) is 39.3 Å². The van der Waals surface area contributed by atoms with E-state index in [4.69, 9.17) is 16.3 Å². The lowest BCUT2D eigenvalue weighted by Crippen LogP contribution is -2.54.